The lowest BCUT2D eigenvalue weighted by Gasteiger charge is -2.06. The molecule has 0 saturated heterocycles. The van der Waals surface area contributed by atoms with Crippen LogP contribution in [0.4, 0.5) is 5.69 Å². The number of nitrogens with zero attached hydrogens (tertiary/aromatic N) is 2. The van der Waals surface area contributed by atoms with Gasteiger partial charge in [0.25, 0.3) is 5.91 Å². The summed E-state index contributed by atoms with van der Waals surface area (Å²) in [5, 5.41) is 7.67. The SMILES string of the molecule is O=C(Nc1cccc2cccnc12)c1cc(-c2ccc(Br)cc2)on1. The van der Waals surface area contributed by atoms with Crippen molar-refractivity contribution in [2.45, 2.75) is 0 Å². The smallest absolute Gasteiger partial charge is 0.277 e. The molecule has 0 aliphatic rings. The summed E-state index contributed by atoms with van der Waals surface area (Å²) in [5.74, 6) is 0.193. The van der Waals surface area contributed by atoms with Crippen LogP contribution in [-0.4, -0.2) is 16.0 Å². The summed E-state index contributed by atoms with van der Waals surface area (Å²) in [7, 11) is 0. The van der Waals surface area contributed by atoms with Crippen molar-refractivity contribution >= 4 is 38.4 Å². The maximum atomic E-state index is 12.5. The average molecular weight is 394 g/mol. The fourth-order valence-corrected chi connectivity index (χ4v) is 2.79. The number of aromatic nitrogens is 2. The average Bonchev–Trinajstić information content (AvgIpc) is 3.13. The molecular weight excluding hydrogens is 382 g/mol. The quantitative estimate of drug-likeness (QED) is 0.537. The molecule has 2 aromatic heterocycles. The molecule has 0 saturated carbocycles. The van der Waals surface area contributed by atoms with Gasteiger partial charge in [-0.25, -0.2) is 0 Å². The highest BCUT2D eigenvalue weighted by Gasteiger charge is 2.15. The number of hydrogen-bond acceptors (Lipinski definition) is 4. The molecule has 0 spiro atoms. The fraction of sp³-hybridized carbons (Fsp3) is 0. The molecule has 0 radical (unpaired) electrons. The van der Waals surface area contributed by atoms with Gasteiger partial charge in [-0.3, -0.25) is 9.78 Å². The second kappa shape index (κ2) is 6.49. The Bertz CT molecular complexity index is 1050. The number of carbonyl (C=O) groups excluding carboxylic acids is 1. The van der Waals surface area contributed by atoms with Crippen LogP contribution in [0.5, 0.6) is 0 Å². The van der Waals surface area contributed by atoms with E-state index in [1.165, 1.54) is 0 Å². The molecule has 2 aromatic carbocycles. The van der Waals surface area contributed by atoms with Crippen LogP contribution < -0.4 is 5.32 Å². The van der Waals surface area contributed by atoms with Gasteiger partial charge < -0.3 is 9.84 Å². The summed E-state index contributed by atoms with van der Waals surface area (Å²) < 4.78 is 6.26. The van der Waals surface area contributed by atoms with Gasteiger partial charge in [-0.05, 0) is 24.3 Å². The van der Waals surface area contributed by atoms with Crippen molar-refractivity contribution in [2.24, 2.45) is 0 Å². The molecule has 5 nitrogen and oxygen atoms in total. The maximum absolute atomic E-state index is 12.5. The van der Waals surface area contributed by atoms with E-state index in [0.717, 1.165) is 20.9 Å². The summed E-state index contributed by atoms with van der Waals surface area (Å²) in [6.45, 7) is 0. The van der Waals surface area contributed by atoms with E-state index in [-0.39, 0.29) is 11.6 Å². The predicted molar refractivity (Wildman–Crippen MR) is 99.3 cm³/mol. The Labute approximate surface area is 151 Å². The highest BCUT2D eigenvalue weighted by Crippen LogP contribution is 2.24. The van der Waals surface area contributed by atoms with Gasteiger partial charge in [0.05, 0.1) is 11.2 Å². The molecule has 1 N–H and O–H groups in total. The van der Waals surface area contributed by atoms with Gasteiger partial charge in [0.1, 0.15) is 0 Å². The lowest BCUT2D eigenvalue weighted by Crippen LogP contribution is -2.12. The molecule has 122 valence electrons. The van der Waals surface area contributed by atoms with Crippen molar-refractivity contribution < 1.29 is 9.32 Å². The molecule has 0 aliphatic carbocycles. The zero-order chi connectivity index (χ0) is 17.2. The normalized spacial score (nSPS) is 10.8. The van der Waals surface area contributed by atoms with Crippen molar-refractivity contribution in [3.63, 3.8) is 0 Å². The van der Waals surface area contributed by atoms with Gasteiger partial charge in [0, 0.05) is 27.7 Å². The van der Waals surface area contributed by atoms with Crippen LogP contribution in [0.2, 0.25) is 0 Å². The molecule has 6 heteroatoms. The second-order valence-corrected chi connectivity index (χ2v) is 6.33. The van der Waals surface area contributed by atoms with Crippen LogP contribution in [0.25, 0.3) is 22.2 Å². The molecule has 0 fully saturated rings. The summed E-state index contributed by atoms with van der Waals surface area (Å²) in [4.78, 5) is 16.8. The molecule has 0 bridgehead atoms. The molecule has 4 rings (SSSR count). The lowest BCUT2D eigenvalue weighted by atomic mass is 10.1. The zero-order valence-corrected chi connectivity index (χ0v) is 14.5. The van der Waals surface area contributed by atoms with E-state index in [9.17, 15) is 4.79 Å². The van der Waals surface area contributed by atoms with Crippen molar-refractivity contribution in [2.75, 3.05) is 5.32 Å². The number of fused-ring (bicyclic) bond motifs is 1. The number of halogens is 1. The Balaban J connectivity index is 1.60. The molecular formula is C19H12BrN3O2. The van der Waals surface area contributed by atoms with Crippen LogP contribution >= 0.6 is 15.9 Å². The third kappa shape index (κ3) is 3.16. The minimum absolute atomic E-state index is 0.214. The van der Waals surface area contributed by atoms with Crippen LogP contribution in [-0.2, 0) is 0 Å². The second-order valence-electron chi connectivity index (χ2n) is 5.42. The first-order valence-electron chi connectivity index (χ1n) is 7.58. The Hall–Kier alpha value is -2.99. The lowest BCUT2D eigenvalue weighted by molar-refractivity contribution is 0.101. The van der Waals surface area contributed by atoms with Crippen molar-refractivity contribution in [1.29, 1.82) is 0 Å². The Morgan fingerprint density at radius 2 is 1.84 bits per heavy atom. The number of hydrogen-bond donors (Lipinski definition) is 1. The summed E-state index contributed by atoms with van der Waals surface area (Å²) >= 11 is 3.39. The third-order valence-electron chi connectivity index (χ3n) is 3.75. The molecule has 0 aliphatic heterocycles. The van der Waals surface area contributed by atoms with E-state index < -0.39 is 0 Å². The Morgan fingerprint density at radius 3 is 2.68 bits per heavy atom. The van der Waals surface area contributed by atoms with Gasteiger partial charge in [0.2, 0.25) is 0 Å². The first kappa shape index (κ1) is 15.5. The molecule has 1 amide bonds. The fourth-order valence-electron chi connectivity index (χ4n) is 2.52. The Kier molecular flexibility index (Phi) is 4.03. The van der Waals surface area contributed by atoms with Gasteiger partial charge in [-0.15, -0.1) is 0 Å². The first-order valence-corrected chi connectivity index (χ1v) is 8.38. The van der Waals surface area contributed by atoms with Crippen molar-refractivity contribution in [3.8, 4) is 11.3 Å². The summed E-state index contributed by atoms with van der Waals surface area (Å²) in [6.07, 6.45) is 1.69. The monoisotopic (exact) mass is 393 g/mol. The van der Waals surface area contributed by atoms with Crippen LogP contribution in [0.3, 0.4) is 0 Å². The number of nitrogens with one attached hydrogen (secondary N) is 1. The zero-order valence-electron chi connectivity index (χ0n) is 12.9. The van der Waals surface area contributed by atoms with Crippen LogP contribution in [0.1, 0.15) is 10.5 Å². The summed E-state index contributed by atoms with van der Waals surface area (Å²) in [5.41, 5.74) is 2.43. The third-order valence-corrected chi connectivity index (χ3v) is 4.28. The topological polar surface area (TPSA) is 68.0 Å². The summed E-state index contributed by atoms with van der Waals surface area (Å²) in [6, 6.07) is 18.6. The predicted octanol–water partition coefficient (Wildman–Crippen LogP) is 4.90. The van der Waals surface area contributed by atoms with Gasteiger partial charge >= 0.3 is 0 Å². The molecule has 0 atom stereocenters. The number of para-hydroxylation sites is 1. The first-order chi connectivity index (χ1) is 12.2. The largest absolute Gasteiger partial charge is 0.355 e. The minimum atomic E-state index is -0.342. The highest BCUT2D eigenvalue weighted by molar-refractivity contribution is 9.10. The Morgan fingerprint density at radius 1 is 1.04 bits per heavy atom. The molecule has 25 heavy (non-hydrogen) atoms. The van der Waals surface area contributed by atoms with Crippen molar-refractivity contribution in [3.05, 3.63) is 77.0 Å². The molecule has 4 aromatic rings. The standard InChI is InChI=1S/C19H12BrN3O2/c20-14-8-6-12(7-9-14)17-11-16(23-25-17)19(24)22-15-5-1-3-13-4-2-10-21-18(13)15/h1-11H,(H,22,24). The number of carbonyl (C=O) groups is 1. The van der Waals surface area contributed by atoms with E-state index >= 15 is 0 Å². The van der Waals surface area contributed by atoms with E-state index in [1.807, 2.05) is 54.6 Å². The number of amides is 1. The number of anilines is 1. The van der Waals surface area contributed by atoms with Gasteiger partial charge in [-0.1, -0.05) is 51.4 Å². The van der Waals surface area contributed by atoms with E-state index in [2.05, 4.69) is 31.4 Å². The van der Waals surface area contributed by atoms with Gasteiger partial charge in [0.15, 0.2) is 11.5 Å². The van der Waals surface area contributed by atoms with Gasteiger partial charge in [-0.2, -0.15) is 0 Å². The molecule has 2 heterocycles. The number of rotatable bonds is 3. The highest BCUT2D eigenvalue weighted by atomic mass is 79.9. The van der Waals surface area contributed by atoms with Crippen molar-refractivity contribution in [1.82, 2.24) is 10.1 Å². The maximum Gasteiger partial charge on any atom is 0.277 e. The van der Waals surface area contributed by atoms with E-state index in [4.69, 9.17) is 4.52 Å². The van der Waals surface area contributed by atoms with E-state index in [1.54, 1.807) is 12.3 Å². The number of benzene rings is 2. The van der Waals surface area contributed by atoms with Crippen LogP contribution in [0.15, 0.2) is 75.9 Å². The number of pyridine rings is 1. The van der Waals surface area contributed by atoms with Crippen LogP contribution in [0, 0.1) is 0 Å². The molecule has 0 unspecified atom stereocenters. The van der Waals surface area contributed by atoms with E-state index in [0.29, 0.717) is 11.4 Å². The minimum Gasteiger partial charge on any atom is -0.355 e.